The van der Waals surface area contributed by atoms with Crippen LogP contribution in [-0.2, 0) is 15.8 Å². The molecule has 0 heterocycles. The van der Waals surface area contributed by atoms with Crippen LogP contribution in [0.3, 0.4) is 0 Å². The molecule has 2 amide bonds. The molecule has 1 aliphatic rings. The molecule has 4 nitrogen and oxygen atoms in total. The van der Waals surface area contributed by atoms with E-state index in [0.29, 0.717) is 13.0 Å². The van der Waals surface area contributed by atoms with Crippen molar-refractivity contribution in [2.24, 2.45) is 11.8 Å². The number of hydrogen-bond acceptors (Lipinski definition) is 2. The predicted octanol–water partition coefficient (Wildman–Crippen LogP) is 4.19. The van der Waals surface area contributed by atoms with Crippen LogP contribution >= 0.6 is 11.6 Å². The number of anilines is 1. The fourth-order valence-corrected chi connectivity index (χ4v) is 2.80. The lowest BCUT2D eigenvalue weighted by molar-refractivity contribution is -0.137. The lowest BCUT2D eigenvalue weighted by atomic mass is 10.1. The molecule has 0 bridgehead atoms. The molecule has 8 heteroatoms. The van der Waals surface area contributed by atoms with E-state index in [1.165, 1.54) is 6.07 Å². The predicted molar refractivity (Wildman–Crippen MR) is 89.2 cm³/mol. The summed E-state index contributed by atoms with van der Waals surface area (Å²) in [5.74, 6) is -1.76. The molecule has 2 unspecified atom stereocenters. The lowest BCUT2D eigenvalue weighted by Crippen LogP contribution is -2.30. The van der Waals surface area contributed by atoms with Gasteiger partial charge in [0.25, 0.3) is 0 Å². The fraction of sp³-hybridized carbons (Fsp3) is 0.529. The van der Waals surface area contributed by atoms with E-state index in [2.05, 4.69) is 5.32 Å². The van der Waals surface area contributed by atoms with Crippen LogP contribution in [-0.4, -0.2) is 30.3 Å². The van der Waals surface area contributed by atoms with Crippen LogP contribution in [0.15, 0.2) is 18.2 Å². The number of nitrogens with one attached hydrogen (secondary N) is 1. The summed E-state index contributed by atoms with van der Waals surface area (Å²) in [6.07, 6.45) is -2.46. The highest BCUT2D eigenvalue weighted by Gasteiger charge is 2.49. The van der Waals surface area contributed by atoms with E-state index >= 15 is 0 Å². The average Bonchev–Trinajstić information content (AvgIpc) is 3.33. The number of rotatable bonds is 6. The minimum absolute atomic E-state index is 0.0673. The molecule has 0 aliphatic heterocycles. The summed E-state index contributed by atoms with van der Waals surface area (Å²) in [6.45, 7) is 2.62. The summed E-state index contributed by atoms with van der Waals surface area (Å²) in [5.41, 5.74) is -1.35. The van der Waals surface area contributed by atoms with Crippen LogP contribution in [0, 0.1) is 11.8 Å². The molecule has 1 N–H and O–H groups in total. The van der Waals surface area contributed by atoms with E-state index < -0.39 is 29.5 Å². The van der Waals surface area contributed by atoms with Gasteiger partial charge >= 0.3 is 6.18 Å². The van der Waals surface area contributed by atoms with Gasteiger partial charge in [0.15, 0.2) is 0 Å². The van der Waals surface area contributed by atoms with Crippen LogP contribution in [0.25, 0.3) is 0 Å². The summed E-state index contributed by atoms with van der Waals surface area (Å²) >= 11 is 5.61. The molecular formula is C17H20ClF3N2O2. The number of amides is 2. The quantitative estimate of drug-likeness (QED) is 0.809. The molecular weight excluding hydrogens is 357 g/mol. The van der Waals surface area contributed by atoms with E-state index in [1.807, 2.05) is 6.92 Å². The summed E-state index contributed by atoms with van der Waals surface area (Å²) in [4.78, 5) is 26.0. The Morgan fingerprint density at radius 1 is 1.32 bits per heavy atom. The third-order valence-electron chi connectivity index (χ3n) is 4.21. The molecule has 1 aromatic rings. The lowest BCUT2D eigenvalue weighted by Gasteiger charge is -2.17. The van der Waals surface area contributed by atoms with Gasteiger partial charge in [0.2, 0.25) is 11.8 Å². The second-order valence-corrected chi connectivity index (χ2v) is 6.68. The smallest absolute Gasteiger partial charge is 0.346 e. The third kappa shape index (κ3) is 4.87. The zero-order chi connectivity index (χ0) is 18.8. The number of benzene rings is 1. The molecule has 0 radical (unpaired) electrons. The topological polar surface area (TPSA) is 49.4 Å². The summed E-state index contributed by atoms with van der Waals surface area (Å²) in [5, 5.41) is 2.22. The van der Waals surface area contributed by atoms with Crippen molar-refractivity contribution in [2.45, 2.75) is 32.4 Å². The first-order valence-electron chi connectivity index (χ1n) is 8.07. The Bertz CT molecular complexity index is 664. The van der Waals surface area contributed by atoms with Gasteiger partial charge in [-0.15, -0.1) is 0 Å². The highest BCUT2D eigenvalue weighted by atomic mass is 35.5. The number of halogens is 4. The van der Waals surface area contributed by atoms with Crippen LogP contribution in [0.4, 0.5) is 18.9 Å². The third-order valence-corrected chi connectivity index (χ3v) is 4.45. The minimum Gasteiger partial charge on any atom is -0.346 e. The molecule has 1 aliphatic carbocycles. The maximum Gasteiger partial charge on any atom is 0.418 e. The first-order valence-corrected chi connectivity index (χ1v) is 8.45. The standard InChI is InChI=1S/C17H20ClF3N2O2/c1-3-4-7-23(2)16(25)12-9-11(12)15(24)22-14-6-5-10(18)8-13(14)17(19,20)21/h5-6,8,11-12H,3-4,7,9H2,1-2H3,(H,22,24). The Labute approximate surface area is 149 Å². The molecule has 0 aromatic heterocycles. The Kier molecular flexibility index (Phi) is 5.98. The summed E-state index contributed by atoms with van der Waals surface area (Å²) < 4.78 is 39.2. The molecule has 0 saturated heterocycles. The maximum atomic E-state index is 13.1. The highest BCUT2D eigenvalue weighted by molar-refractivity contribution is 6.30. The number of nitrogens with zero attached hydrogens (tertiary/aromatic N) is 1. The van der Waals surface area contributed by atoms with Gasteiger partial charge in [-0.25, -0.2) is 0 Å². The van der Waals surface area contributed by atoms with Crippen LogP contribution in [0.1, 0.15) is 31.7 Å². The largest absolute Gasteiger partial charge is 0.418 e. The molecule has 2 rings (SSSR count). The van der Waals surface area contributed by atoms with Gasteiger partial charge in [-0.2, -0.15) is 13.2 Å². The average molecular weight is 377 g/mol. The van der Waals surface area contributed by atoms with E-state index in [0.717, 1.165) is 25.0 Å². The van der Waals surface area contributed by atoms with E-state index in [9.17, 15) is 22.8 Å². The molecule has 25 heavy (non-hydrogen) atoms. The van der Waals surface area contributed by atoms with Crippen molar-refractivity contribution in [3.05, 3.63) is 28.8 Å². The zero-order valence-electron chi connectivity index (χ0n) is 14.0. The van der Waals surface area contributed by atoms with Crippen molar-refractivity contribution >= 4 is 29.1 Å². The number of alkyl halides is 3. The molecule has 2 atom stereocenters. The SMILES string of the molecule is CCCCN(C)C(=O)C1CC1C(=O)Nc1ccc(Cl)cc1C(F)(F)F. The fourth-order valence-electron chi connectivity index (χ4n) is 2.63. The Morgan fingerprint density at radius 2 is 2.00 bits per heavy atom. The van der Waals surface area contributed by atoms with Gasteiger partial charge in [0, 0.05) is 18.6 Å². The van der Waals surface area contributed by atoms with Gasteiger partial charge in [0.05, 0.1) is 23.1 Å². The van der Waals surface area contributed by atoms with E-state index in [1.54, 1.807) is 11.9 Å². The van der Waals surface area contributed by atoms with Crippen molar-refractivity contribution in [2.75, 3.05) is 18.9 Å². The number of carbonyl (C=O) groups excluding carboxylic acids is 2. The van der Waals surface area contributed by atoms with Gasteiger partial charge in [-0.1, -0.05) is 24.9 Å². The zero-order valence-corrected chi connectivity index (χ0v) is 14.7. The molecule has 1 fully saturated rings. The molecule has 1 saturated carbocycles. The molecule has 138 valence electrons. The first kappa shape index (κ1) is 19.6. The Balaban J connectivity index is 2.02. The monoisotopic (exact) mass is 376 g/mol. The maximum absolute atomic E-state index is 13.1. The normalized spacial score (nSPS) is 19.4. The van der Waals surface area contributed by atoms with E-state index in [-0.39, 0.29) is 16.6 Å². The van der Waals surface area contributed by atoms with Crippen molar-refractivity contribution in [3.63, 3.8) is 0 Å². The van der Waals surface area contributed by atoms with Gasteiger partial charge < -0.3 is 10.2 Å². The highest BCUT2D eigenvalue weighted by Crippen LogP contribution is 2.42. The van der Waals surface area contributed by atoms with Crippen molar-refractivity contribution in [1.82, 2.24) is 4.90 Å². The van der Waals surface area contributed by atoms with E-state index in [4.69, 9.17) is 11.6 Å². The number of unbranched alkanes of at least 4 members (excludes halogenated alkanes) is 1. The van der Waals surface area contributed by atoms with Crippen molar-refractivity contribution < 1.29 is 22.8 Å². The summed E-state index contributed by atoms with van der Waals surface area (Å²) in [7, 11) is 1.67. The second-order valence-electron chi connectivity index (χ2n) is 6.24. The first-order chi connectivity index (χ1) is 11.6. The Morgan fingerprint density at radius 3 is 2.60 bits per heavy atom. The molecule has 1 aromatic carbocycles. The Hall–Kier alpha value is -1.76. The van der Waals surface area contributed by atoms with Crippen LogP contribution in [0.2, 0.25) is 5.02 Å². The number of carbonyl (C=O) groups is 2. The van der Waals surface area contributed by atoms with Gasteiger partial charge in [-0.3, -0.25) is 9.59 Å². The molecule has 0 spiro atoms. The second kappa shape index (κ2) is 7.64. The minimum atomic E-state index is -4.63. The van der Waals surface area contributed by atoms with Crippen LogP contribution < -0.4 is 5.32 Å². The van der Waals surface area contributed by atoms with Gasteiger partial charge in [-0.05, 0) is 31.0 Å². The van der Waals surface area contributed by atoms with Crippen molar-refractivity contribution in [1.29, 1.82) is 0 Å². The van der Waals surface area contributed by atoms with Crippen molar-refractivity contribution in [3.8, 4) is 0 Å². The number of hydrogen-bond donors (Lipinski definition) is 1. The van der Waals surface area contributed by atoms with Gasteiger partial charge in [0.1, 0.15) is 0 Å². The summed E-state index contributed by atoms with van der Waals surface area (Å²) in [6, 6.07) is 3.17. The van der Waals surface area contributed by atoms with Crippen LogP contribution in [0.5, 0.6) is 0 Å².